The lowest BCUT2D eigenvalue weighted by Crippen LogP contribution is -2.14. The fourth-order valence-electron chi connectivity index (χ4n) is 2.30. The Morgan fingerprint density at radius 3 is 2.52 bits per heavy atom. The first-order chi connectivity index (χ1) is 12.0. The molecular formula is C17H17FN4O2S. The fraction of sp³-hybridized carbons (Fsp3) is 0.176. The molecule has 130 valence electrons. The highest BCUT2D eigenvalue weighted by molar-refractivity contribution is 7.92. The molecule has 0 amide bonds. The molecule has 0 radical (unpaired) electrons. The van der Waals surface area contributed by atoms with E-state index in [1.54, 1.807) is 30.3 Å². The van der Waals surface area contributed by atoms with Crippen LogP contribution in [0.4, 0.5) is 10.3 Å². The molecule has 2 aromatic carbocycles. The van der Waals surface area contributed by atoms with E-state index in [1.807, 2.05) is 6.92 Å². The van der Waals surface area contributed by atoms with Crippen molar-refractivity contribution in [3.63, 3.8) is 0 Å². The van der Waals surface area contributed by atoms with Gasteiger partial charge in [-0.3, -0.25) is 0 Å². The first-order valence-electron chi connectivity index (χ1n) is 7.72. The fourth-order valence-corrected chi connectivity index (χ4v) is 3.25. The van der Waals surface area contributed by atoms with E-state index in [0.717, 1.165) is 12.0 Å². The number of aromatic nitrogens is 3. The number of benzene rings is 2. The SMILES string of the molecule is CCc1ccc(S(=O)(=O)Nc2ncn(Cc3ccccc3F)n2)cc1. The molecule has 0 saturated heterocycles. The van der Waals surface area contributed by atoms with Gasteiger partial charge in [-0.05, 0) is 30.2 Å². The van der Waals surface area contributed by atoms with Crippen molar-refractivity contribution in [3.8, 4) is 0 Å². The van der Waals surface area contributed by atoms with E-state index in [4.69, 9.17) is 0 Å². The molecular weight excluding hydrogens is 343 g/mol. The Hall–Kier alpha value is -2.74. The van der Waals surface area contributed by atoms with Crippen LogP contribution in [0.3, 0.4) is 0 Å². The van der Waals surface area contributed by atoms with E-state index in [9.17, 15) is 12.8 Å². The molecule has 0 fully saturated rings. The molecule has 3 aromatic rings. The summed E-state index contributed by atoms with van der Waals surface area (Å²) in [4.78, 5) is 4.06. The first-order valence-corrected chi connectivity index (χ1v) is 9.21. The Balaban J connectivity index is 1.75. The standard InChI is InChI=1S/C17H17FN4O2S/c1-2-13-7-9-15(10-8-13)25(23,24)21-17-19-12-22(20-17)11-14-5-3-4-6-16(14)18/h3-10,12H,2,11H2,1H3,(H,20,21). The van der Waals surface area contributed by atoms with Crippen molar-refractivity contribution in [2.45, 2.75) is 24.8 Å². The van der Waals surface area contributed by atoms with Crippen molar-refractivity contribution in [1.29, 1.82) is 0 Å². The van der Waals surface area contributed by atoms with Gasteiger partial charge in [-0.25, -0.2) is 22.2 Å². The second-order valence-corrected chi connectivity index (χ2v) is 7.14. The van der Waals surface area contributed by atoms with Crippen LogP contribution >= 0.6 is 0 Å². The summed E-state index contributed by atoms with van der Waals surface area (Å²) in [5, 5.41) is 4.04. The maximum atomic E-state index is 13.7. The highest BCUT2D eigenvalue weighted by Crippen LogP contribution is 2.15. The number of anilines is 1. The van der Waals surface area contributed by atoms with Crippen LogP contribution in [0, 0.1) is 5.82 Å². The third kappa shape index (κ3) is 4.03. The van der Waals surface area contributed by atoms with Crippen LogP contribution in [-0.4, -0.2) is 23.2 Å². The molecule has 8 heteroatoms. The van der Waals surface area contributed by atoms with Crippen LogP contribution in [0.5, 0.6) is 0 Å². The molecule has 0 atom stereocenters. The normalized spacial score (nSPS) is 11.4. The second-order valence-electron chi connectivity index (χ2n) is 5.46. The summed E-state index contributed by atoms with van der Waals surface area (Å²) in [5.74, 6) is -0.410. The number of rotatable bonds is 6. The van der Waals surface area contributed by atoms with Crippen molar-refractivity contribution >= 4 is 16.0 Å². The quantitative estimate of drug-likeness (QED) is 0.733. The van der Waals surface area contributed by atoms with E-state index < -0.39 is 10.0 Å². The molecule has 0 saturated carbocycles. The number of nitrogens with one attached hydrogen (secondary N) is 1. The highest BCUT2D eigenvalue weighted by Gasteiger charge is 2.16. The zero-order valence-electron chi connectivity index (χ0n) is 13.6. The van der Waals surface area contributed by atoms with Crippen molar-refractivity contribution in [2.24, 2.45) is 0 Å². The van der Waals surface area contributed by atoms with E-state index in [2.05, 4.69) is 14.8 Å². The Bertz CT molecular complexity index is 968. The number of hydrogen-bond donors (Lipinski definition) is 1. The van der Waals surface area contributed by atoms with Gasteiger partial charge in [-0.2, -0.15) is 4.98 Å². The lowest BCUT2D eigenvalue weighted by Gasteiger charge is -2.05. The smallest absolute Gasteiger partial charge is 0.246 e. The average molecular weight is 360 g/mol. The first kappa shape index (κ1) is 17.1. The summed E-state index contributed by atoms with van der Waals surface area (Å²) in [6, 6.07) is 12.9. The van der Waals surface area contributed by atoms with Crippen LogP contribution < -0.4 is 4.72 Å². The van der Waals surface area contributed by atoms with Crippen molar-refractivity contribution in [2.75, 3.05) is 4.72 Å². The highest BCUT2D eigenvalue weighted by atomic mass is 32.2. The van der Waals surface area contributed by atoms with Gasteiger partial charge in [0, 0.05) is 5.56 Å². The summed E-state index contributed by atoms with van der Waals surface area (Å²) in [6.45, 7) is 2.15. The van der Waals surface area contributed by atoms with Gasteiger partial charge in [0.25, 0.3) is 16.0 Å². The average Bonchev–Trinajstić information content (AvgIpc) is 3.03. The third-order valence-electron chi connectivity index (χ3n) is 3.69. The van der Waals surface area contributed by atoms with Gasteiger partial charge in [-0.1, -0.05) is 37.3 Å². The van der Waals surface area contributed by atoms with Crippen molar-refractivity contribution < 1.29 is 12.8 Å². The topological polar surface area (TPSA) is 76.9 Å². The van der Waals surface area contributed by atoms with Gasteiger partial charge in [0.1, 0.15) is 12.1 Å². The van der Waals surface area contributed by atoms with Gasteiger partial charge in [0.2, 0.25) is 0 Å². The summed E-state index contributed by atoms with van der Waals surface area (Å²) >= 11 is 0. The lowest BCUT2D eigenvalue weighted by atomic mass is 10.2. The molecule has 1 N–H and O–H groups in total. The van der Waals surface area contributed by atoms with Crippen LogP contribution in [0.25, 0.3) is 0 Å². The van der Waals surface area contributed by atoms with Crippen LogP contribution in [-0.2, 0) is 23.0 Å². The van der Waals surface area contributed by atoms with Gasteiger partial charge >= 0.3 is 0 Å². The monoisotopic (exact) mass is 360 g/mol. The van der Waals surface area contributed by atoms with Crippen LogP contribution in [0.15, 0.2) is 59.8 Å². The van der Waals surface area contributed by atoms with E-state index in [1.165, 1.54) is 29.2 Å². The van der Waals surface area contributed by atoms with E-state index in [0.29, 0.717) is 5.56 Å². The van der Waals surface area contributed by atoms with Gasteiger partial charge in [0.05, 0.1) is 11.4 Å². The predicted octanol–water partition coefficient (Wildman–Crippen LogP) is 2.83. The number of sulfonamides is 1. The summed E-state index contributed by atoms with van der Waals surface area (Å²) < 4.78 is 42.1. The van der Waals surface area contributed by atoms with Gasteiger partial charge in [-0.15, -0.1) is 5.10 Å². The molecule has 1 aromatic heterocycles. The Morgan fingerprint density at radius 2 is 1.84 bits per heavy atom. The Labute approximate surface area is 145 Å². The number of halogens is 1. The van der Waals surface area contributed by atoms with Gasteiger partial charge in [0.15, 0.2) is 0 Å². The molecule has 1 heterocycles. The molecule has 3 rings (SSSR count). The lowest BCUT2D eigenvalue weighted by molar-refractivity contribution is 0.584. The molecule has 0 aliphatic heterocycles. The van der Waals surface area contributed by atoms with Crippen molar-refractivity contribution in [1.82, 2.24) is 14.8 Å². The maximum absolute atomic E-state index is 13.7. The van der Waals surface area contributed by atoms with Crippen LogP contribution in [0.2, 0.25) is 0 Å². The predicted molar refractivity (Wildman–Crippen MR) is 92.2 cm³/mol. The molecule has 25 heavy (non-hydrogen) atoms. The van der Waals surface area contributed by atoms with Crippen LogP contribution in [0.1, 0.15) is 18.1 Å². The minimum absolute atomic E-state index is 0.0593. The Morgan fingerprint density at radius 1 is 1.12 bits per heavy atom. The number of hydrogen-bond acceptors (Lipinski definition) is 4. The molecule has 0 spiro atoms. The largest absolute Gasteiger partial charge is 0.264 e. The molecule has 6 nitrogen and oxygen atoms in total. The number of aryl methyl sites for hydroxylation is 1. The summed E-state index contributed by atoms with van der Waals surface area (Å²) in [6.07, 6.45) is 2.18. The zero-order valence-corrected chi connectivity index (χ0v) is 14.4. The van der Waals surface area contributed by atoms with Gasteiger partial charge < -0.3 is 0 Å². The zero-order chi connectivity index (χ0) is 17.9. The molecule has 0 aliphatic rings. The Kier molecular flexibility index (Phi) is 4.80. The molecule has 0 bridgehead atoms. The molecule has 0 aliphatic carbocycles. The molecule has 0 unspecified atom stereocenters. The van der Waals surface area contributed by atoms with Crippen molar-refractivity contribution in [3.05, 3.63) is 71.8 Å². The second kappa shape index (κ2) is 7.02. The summed E-state index contributed by atoms with van der Waals surface area (Å²) in [7, 11) is -3.77. The minimum Gasteiger partial charge on any atom is -0.246 e. The maximum Gasteiger partial charge on any atom is 0.264 e. The third-order valence-corrected chi connectivity index (χ3v) is 5.04. The summed E-state index contributed by atoms with van der Waals surface area (Å²) in [5.41, 5.74) is 1.49. The number of nitrogens with zero attached hydrogens (tertiary/aromatic N) is 3. The van der Waals surface area contributed by atoms with E-state index >= 15 is 0 Å². The minimum atomic E-state index is -3.77. The van der Waals surface area contributed by atoms with E-state index in [-0.39, 0.29) is 23.2 Å².